The van der Waals surface area contributed by atoms with Crippen LogP contribution in [0.25, 0.3) is 11.6 Å². The summed E-state index contributed by atoms with van der Waals surface area (Å²) in [5.41, 5.74) is 5.48. The molecule has 3 aliphatic rings. The number of fused-ring (bicyclic) bond motifs is 2. The van der Waals surface area contributed by atoms with E-state index in [1.54, 1.807) is 24.3 Å². The number of unbranched alkanes of at least 4 members (excludes halogenated alkanes) is 2. The van der Waals surface area contributed by atoms with Crippen molar-refractivity contribution < 1.29 is 14.5 Å². The van der Waals surface area contributed by atoms with Crippen molar-refractivity contribution in [3.63, 3.8) is 0 Å². The van der Waals surface area contributed by atoms with Crippen LogP contribution in [0.1, 0.15) is 78.4 Å². The monoisotopic (exact) mass is 670 g/mol. The zero-order chi connectivity index (χ0) is 34.8. The Morgan fingerprint density at radius 1 is 0.796 bits per heavy atom. The summed E-state index contributed by atoms with van der Waals surface area (Å²) < 4.78 is 3.22. The van der Waals surface area contributed by atoms with Crippen LogP contribution >= 0.6 is 11.3 Å². The van der Waals surface area contributed by atoms with Crippen LogP contribution in [0.4, 0.5) is 11.4 Å². The van der Waals surface area contributed by atoms with Gasteiger partial charge in [-0.3, -0.25) is 14.4 Å². The summed E-state index contributed by atoms with van der Waals surface area (Å²) in [5, 5.41) is 13.9. The molecule has 0 saturated heterocycles. The Kier molecular flexibility index (Phi) is 8.10. The van der Waals surface area contributed by atoms with E-state index in [4.69, 9.17) is 0 Å². The fourth-order valence-corrected chi connectivity index (χ4v) is 8.82. The second kappa shape index (κ2) is 12.1. The molecule has 250 valence electrons. The number of rotatable bonds is 8. The normalized spacial score (nSPS) is 19.6. The zero-order valence-corrected chi connectivity index (χ0v) is 29.9. The molecule has 0 radical (unpaired) electrons. The molecule has 0 atom stereocenters. The molecule has 7 rings (SSSR count). The SMILES string of the molecule is CCCCN1/C(=C/C2=C([O-])C(=c3\ccc(=c4c(=O)c(=CC5=[N+](CCCC)c6ccccc6C5(C)C)c4=O)s3)/C2=O)C(C)(C)c2ccccc21. The predicted molar refractivity (Wildman–Crippen MR) is 196 cm³/mol. The van der Waals surface area contributed by atoms with Gasteiger partial charge in [-0.15, -0.1) is 11.3 Å². The fraction of sp³-hybridized carbons (Fsp3) is 0.333. The lowest BCUT2D eigenvalue weighted by Gasteiger charge is -2.32. The molecule has 0 spiro atoms. The van der Waals surface area contributed by atoms with Crippen LogP contribution in [-0.4, -0.2) is 29.2 Å². The lowest BCUT2D eigenvalue weighted by molar-refractivity contribution is -0.437. The van der Waals surface area contributed by atoms with Gasteiger partial charge in [0, 0.05) is 67.7 Å². The van der Waals surface area contributed by atoms with Gasteiger partial charge in [0.2, 0.25) is 16.5 Å². The third-order valence-electron chi connectivity index (χ3n) is 10.6. The number of carbonyl (C=O) groups is 1. The number of para-hydroxylation sites is 2. The quantitative estimate of drug-likeness (QED) is 0.244. The molecule has 3 heterocycles. The summed E-state index contributed by atoms with van der Waals surface area (Å²) in [6.45, 7) is 14.4. The van der Waals surface area contributed by atoms with Crippen molar-refractivity contribution in [2.75, 3.05) is 18.0 Å². The van der Waals surface area contributed by atoms with Crippen LogP contribution in [0.2, 0.25) is 0 Å². The van der Waals surface area contributed by atoms with Gasteiger partial charge in [-0.1, -0.05) is 82.7 Å². The van der Waals surface area contributed by atoms with Crippen molar-refractivity contribution in [2.24, 2.45) is 0 Å². The number of Topliss-reactive ketones (excluding diaryl/α,β-unsaturated/α-hetero) is 1. The van der Waals surface area contributed by atoms with E-state index in [1.807, 2.05) is 24.3 Å². The largest absolute Gasteiger partial charge is 0.871 e. The van der Waals surface area contributed by atoms with Crippen LogP contribution in [-0.2, 0) is 15.6 Å². The van der Waals surface area contributed by atoms with E-state index in [1.165, 1.54) is 11.1 Å². The van der Waals surface area contributed by atoms with E-state index < -0.39 is 0 Å². The molecular weight excluding hydrogens is 629 g/mol. The van der Waals surface area contributed by atoms with Gasteiger partial charge in [-0.05, 0) is 50.1 Å². The Morgan fingerprint density at radius 3 is 2.14 bits per heavy atom. The van der Waals surface area contributed by atoms with E-state index in [0.29, 0.717) is 9.06 Å². The molecule has 3 aromatic carbocycles. The molecule has 0 bridgehead atoms. The number of hydrogen-bond acceptors (Lipinski definition) is 6. The van der Waals surface area contributed by atoms with Gasteiger partial charge in [-0.25, -0.2) is 0 Å². The van der Waals surface area contributed by atoms with Gasteiger partial charge in [0.1, 0.15) is 6.54 Å². The maximum absolute atomic E-state index is 13.6. The molecule has 0 N–H and O–H groups in total. The van der Waals surface area contributed by atoms with Crippen molar-refractivity contribution >= 4 is 45.9 Å². The molecule has 2 aliphatic heterocycles. The van der Waals surface area contributed by atoms with E-state index in [-0.39, 0.29) is 54.8 Å². The minimum Gasteiger partial charge on any atom is -0.871 e. The first-order valence-corrected chi connectivity index (χ1v) is 18.2. The lowest BCUT2D eigenvalue weighted by Crippen LogP contribution is -2.51. The first-order chi connectivity index (χ1) is 23.4. The Hall–Kier alpha value is -4.62. The number of nitrogens with zero attached hydrogens (tertiary/aromatic N) is 2. The minimum absolute atomic E-state index is 0.125. The topological polar surface area (TPSA) is 80.5 Å². The smallest absolute Gasteiger partial charge is 0.209 e. The molecule has 1 aromatic heterocycles. The first-order valence-electron chi connectivity index (χ1n) is 17.4. The summed E-state index contributed by atoms with van der Waals surface area (Å²) in [6.07, 6.45) is 7.61. The molecule has 0 fully saturated rings. The average Bonchev–Trinajstić information content (AvgIpc) is 3.69. The third-order valence-corrected chi connectivity index (χ3v) is 11.7. The standard InChI is InChI=1S/C42H42N2O4S/c1-7-9-21-43-29-17-13-11-15-27(29)41(3,4)33(43)23-25-37(45)35(38(25)46)31-19-20-32(49-31)36-39(47)26(40(36)48)24-34-42(5,6)28-16-12-14-18-30(28)44(34)22-10-8-2/h11-20,23-24H,7-10,21-22H2,1-6H3/b25-23?,34-24+,35-31?. The summed E-state index contributed by atoms with van der Waals surface area (Å²) in [7, 11) is 0. The highest BCUT2D eigenvalue weighted by molar-refractivity contribution is 7.08. The molecule has 0 amide bonds. The second-order valence-electron chi connectivity index (χ2n) is 14.4. The fourth-order valence-electron chi connectivity index (χ4n) is 7.73. The van der Waals surface area contributed by atoms with Crippen molar-refractivity contribution in [3.05, 3.63) is 135 Å². The van der Waals surface area contributed by atoms with Gasteiger partial charge in [0.05, 0.1) is 15.9 Å². The average molecular weight is 671 g/mol. The minimum atomic E-state index is -0.363. The molecule has 49 heavy (non-hydrogen) atoms. The summed E-state index contributed by atoms with van der Waals surface area (Å²) >= 11 is 1.16. The Bertz CT molecular complexity index is 2420. The maximum atomic E-state index is 13.6. The van der Waals surface area contributed by atoms with E-state index >= 15 is 0 Å². The Balaban J connectivity index is 1.30. The van der Waals surface area contributed by atoms with Crippen LogP contribution in [0.3, 0.4) is 0 Å². The van der Waals surface area contributed by atoms with Crippen molar-refractivity contribution in [3.8, 4) is 0 Å². The molecule has 1 aliphatic carbocycles. The van der Waals surface area contributed by atoms with Crippen molar-refractivity contribution in [1.82, 2.24) is 0 Å². The van der Waals surface area contributed by atoms with Crippen LogP contribution in [0.15, 0.2) is 93.4 Å². The molecular formula is C42H42N2O4S. The maximum Gasteiger partial charge on any atom is 0.209 e. The van der Waals surface area contributed by atoms with Gasteiger partial charge in [0.15, 0.2) is 11.5 Å². The van der Waals surface area contributed by atoms with E-state index in [0.717, 1.165) is 72.9 Å². The lowest BCUT2D eigenvalue weighted by atomic mass is 9.80. The summed E-state index contributed by atoms with van der Waals surface area (Å²) in [5.74, 6) is -0.590. The molecule has 6 nitrogen and oxygen atoms in total. The first kappa shape index (κ1) is 32.9. The third kappa shape index (κ3) is 4.96. The summed E-state index contributed by atoms with van der Waals surface area (Å²) in [4.78, 5) is 42.9. The molecule has 0 unspecified atom stereocenters. The molecule has 7 heteroatoms. The van der Waals surface area contributed by atoms with Gasteiger partial charge >= 0.3 is 0 Å². The Morgan fingerprint density at radius 2 is 1.45 bits per heavy atom. The van der Waals surface area contributed by atoms with Crippen LogP contribution in [0.5, 0.6) is 0 Å². The highest BCUT2D eigenvalue weighted by Gasteiger charge is 2.44. The van der Waals surface area contributed by atoms with Crippen LogP contribution in [0, 0.1) is 9.75 Å². The summed E-state index contributed by atoms with van der Waals surface area (Å²) in [6, 6.07) is 19.9. The van der Waals surface area contributed by atoms with E-state index in [9.17, 15) is 19.5 Å². The number of ketones is 1. The van der Waals surface area contributed by atoms with Gasteiger partial charge < -0.3 is 10.0 Å². The number of hydrogen-bond donors (Lipinski definition) is 0. The predicted octanol–water partition coefficient (Wildman–Crippen LogP) is 5.12. The number of allylic oxidation sites excluding steroid dienone is 4. The van der Waals surface area contributed by atoms with Crippen molar-refractivity contribution in [1.29, 1.82) is 0 Å². The van der Waals surface area contributed by atoms with Crippen LogP contribution < -0.4 is 30.6 Å². The number of benzene rings is 2. The molecule has 4 aromatic rings. The van der Waals surface area contributed by atoms with Gasteiger partial charge in [-0.2, -0.15) is 4.58 Å². The van der Waals surface area contributed by atoms with Crippen molar-refractivity contribution in [2.45, 2.75) is 78.1 Å². The highest BCUT2D eigenvalue weighted by atomic mass is 32.1. The Labute approximate surface area is 290 Å². The number of anilines is 1. The molecule has 0 saturated carbocycles. The highest BCUT2D eigenvalue weighted by Crippen LogP contribution is 2.49. The van der Waals surface area contributed by atoms with Gasteiger partial charge in [0.25, 0.3) is 0 Å². The number of carbonyl (C=O) groups excluding carboxylic acids is 1. The second-order valence-corrected chi connectivity index (χ2v) is 15.5. The number of thiophene rings is 1. The van der Waals surface area contributed by atoms with E-state index in [2.05, 4.69) is 75.3 Å². The zero-order valence-electron chi connectivity index (χ0n) is 29.1.